The van der Waals surface area contributed by atoms with E-state index in [1.165, 1.54) is 6.42 Å². The van der Waals surface area contributed by atoms with Crippen LogP contribution in [0.1, 0.15) is 44.7 Å². The van der Waals surface area contributed by atoms with E-state index in [9.17, 15) is 33.0 Å². The minimum atomic E-state index is -4.47. The summed E-state index contributed by atoms with van der Waals surface area (Å²) < 4.78 is 41.1. The SMILES string of the molecule is CC1OC(C2=CC3CCCCC3C2=O)CC(O)C1O.O=c1cccc(C(F)(F)F)[nH]1. The number of aliphatic hydroxyl groups excluding tert-OH is 2. The van der Waals surface area contributed by atoms with Gasteiger partial charge in [-0.3, -0.25) is 9.59 Å². The van der Waals surface area contributed by atoms with Crippen LogP contribution in [0.2, 0.25) is 0 Å². The average molecular weight is 429 g/mol. The van der Waals surface area contributed by atoms with E-state index >= 15 is 0 Å². The van der Waals surface area contributed by atoms with Crippen LogP contribution in [-0.2, 0) is 15.7 Å². The number of halogens is 3. The number of allylic oxidation sites excluding steroid dienone is 1. The van der Waals surface area contributed by atoms with E-state index in [0.29, 0.717) is 12.3 Å². The van der Waals surface area contributed by atoms with Crippen molar-refractivity contribution in [2.75, 3.05) is 0 Å². The van der Waals surface area contributed by atoms with Gasteiger partial charge in [0, 0.05) is 24.0 Å². The van der Waals surface area contributed by atoms with Crippen molar-refractivity contribution in [3.8, 4) is 0 Å². The van der Waals surface area contributed by atoms with Crippen molar-refractivity contribution in [3.05, 3.63) is 45.9 Å². The molecule has 3 N–H and O–H groups in total. The molecule has 2 fully saturated rings. The molecule has 6 nitrogen and oxygen atoms in total. The highest BCUT2D eigenvalue weighted by atomic mass is 19.4. The predicted molar refractivity (Wildman–Crippen MR) is 102 cm³/mol. The molecule has 0 radical (unpaired) electrons. The molecule has 1 aliphatic heterocycles. The van der Waals surface area contributed by atoms with Gasteiger partial charge in [-0.2, -0.15) is 13.2 Å². The number of rotatable bonds is 1. The Labute approximate surface area is 171 Å². The Balaban J connectivity index is 0.000000199. The molecule has 0 bridgehead atoms. The number of hydrogen-bond acceptors (Lipinski definition) is 5. The molecule has 1 aromatic heterocycles. The summed E-state index contributed by atoms with van der Waals surface area (Å²) in [5.41, 5.74) is -1.03. The number of ether oxygens (including phenoxy) is 1. The lowest BCUT2D eigenvalue weighted by molar-refractivity contribution is -0.154. The molecule has 0 aromatic carbocycles. The fraction of sp³-hybridized carbons (Fsp3) is 0.619. The molecule has 2 aliphatic carbocycles. The third-order valence-electron chi connectivity index (χ3n) is 5.96. The van der Waals surface area contributed by atoms with E-state index in [0.717, 1.165) is 43.0 Å². The molecule has 1 saturated carbocycles. The van der Waals surface area contributed by atoms with Gasteiger partial charge in [0.15, 0.2) is 5.78 Å². The number of nitrogens with one attached hydrogen (secondary N) is 1. The van der Waals surface area contributed by atoms with Crippen LogP contribution in [0.5, 0.6) is 0 Å². The highest BCUT2D eigenvalue weighted by Gasteiger charge is 2.43. The van der Waals surface area contributed by atoms with E-state index in [1.54, 1.807) is 11.9 Å². The van der Waals surface area contributed by atoms with Crippen molar-refractivity contribution < 1.29 is 32.9 Å². The maximum atomic E-state index is 12.4. The summed E-state index contributed by atoms with van der Waals surface area (Å²) in [6.07, 6.45) is -0.0858. The normalized spacial score (nSPS) is 33.9. The number of aromatic nitrogens is 1. The summed E-state index contributed by atoms with van der Waals surface area (Å²) >= 11 is 0. The second-order valence-electron chi connectivity index (χ2n) is 8.09. The number of carbonyl (C=O) groups is 1. The molecule has 4 rings (SSSR count). The molecule has 1 saturated heterocycles. The number of carbonyl (C=O) groups excluding carboxylic acids is 1. The Hall–Kier alpha value is -1.97. The monoisotopic (exact) mass is 429 g/mol. The Bertz CT molecular complexity index is 838. The lowest BCUT2D eigenvalue weighted by Crippen LogP contribution is -2.47. The fourth-order valence-corrected chi connectivity index (χ4v) is 4.36. The molecule has 6 unspecified atom stereocenters. The first-order chi connectivity index (χ1) is 14.1. The molecule has 166 valence electrons. The van der Waals surface area contributed by atoms with Crippen LogP contribution in [-0.4, -0.2) is 45.4 Å². The minimum absolute atomic E-state index is 0.145. The van der Waals surface area contributed by atoms with Crippen molar-refractivity contribution >= 4 is 5.78 Å². The van der Waals surface area contributed by atoms with Gasteiger partial charge < -0.3 is 19.9 Å². The molecule has 9 heteroatoms. The Morgan fingerprint density at radius 1 is 1.13 bits per heavy atom. The van der Waals surface area contributed by atoms with Crippen LogP contribution in [0, 0.1) is 11.8 Å². The summed E-state index contributed by atoms with van der Waals surface area (Å²) in [6.45, 7) is 1.74. The minimum Gasteiger partial charge on any atom is -0.390 e. The van der Waals surface area contributed by atoms with Crippen LogP contribution in [0.25, 0.3) is 0 Å². The van der Waals surface area contributed by atoms with Crippen LogP contribution in [0.4, 0.5) is 13.2 Å². The van der Waals surface area contributed by atoms with Crippen molar-refractivity contribution in [2.45, 2.75) is 69.6 Å². The lowest BCUT2D eigenvalue weighted by atomic mass is 9.80. The van der Waals surface area contributed by atoms with Gasteiger partial charge in [-0.15, -0.1) is 0 Å². The van der Waals surface area contributed by atoms with Crippen LogP contribution >= 0.6 is 0 Å². The van der Waals surface area contributed by atoms with Gasteiger partial charge in [-0.05, 0) is 31.7 Å². The van der Waals surface area contributed by atoms with Crippen molar-refractivity contribution in [1.29, 1.82) is 0 Å². The smallest absolute Gasteiger partial charge is 0.390 e. The number of H-pyrrole nitrogens is 1. The fourth-order valence-electron chi connectivity index (χ4n) is 4.36. The molecule has 1 aromatic rings. The van der Waals surface area contributed by atoms with Gasteiger partial charge in [0.1, 0.15) is 11.8 Å². The number of Topliss-reactive ketones (excluding diaryl/α,β-unsaturated/α-hetero) is 1. The number of fused-ring (bicyclic) bond motifs is 1. The van der Waals surface area contributed by atoms with Crippen LogP contribution in [0.15, 0.2) is 34.6 Å². The Morgan fingerprint density at radius 3 is 2.40 bits per heavy atom. The zero-order valence-corrected chi connectivity index (χ0v) is 16.6. The van der Waals surface area contributed by atoms with Crippen molar-refractivity contribution in [3.63, 3.8) is 0 Å². The zero-order valence-electron chi connectivity index (χ0n) is 16.6. The summed E-state index contributed by atoms with van der Waals surface area (Å²) in [6, 6.07) is 2.89. The van der Waals surface area contributed by atoms with Crippen LogP contribution < -0.4 is 5.56 Å². The van der Waals surface area contributed by atoms with E-state index in [4.69, 9.17) is 4.74 Å². The summed E-state index contributed by atoms with van der Waals surface area (Å²) in [5, 5.41) is 19.6. The average Bonchev–Trinajstić information content (AvgIpc) is 3.03. The van der Waals surface area contributed by atoms with Gasteiger partial charge in [-0.25, -0.2) is 0 Å². The molecule has 30 heavy (non-hydrogen) atoms. The summed E-state index contributed by atoms with van der Waals surface area (Å²) in [7, 11) is 0. The second kappa shape index (κ2) is 9.03. The third-order valence-corrected chi connectivity index (χ3v) is 5.96. The molecule has 3 aliphatic rings. The third kappa shape index (κ3) is 5.01. The van der Waals surface area contributed by atoms with Gasteiger partial charge in [0.25, 0.3) is 0 Å². The number of alkyl halides is 3. The first-order valence-electron chi connectivity index (χ1n) is 10.1. The molecule has 6 atom stereocenters. The highest BCUT2D eigenvalue weighted by molar-refractivity contribution is 6.01. The van der Waals surface area contributed by atoms with Crippen molar-refractivity contribution in [1.82, 2.24) is 4.98 Å². The molecule has 2 heterocycles. The number of ketones is 1. The summed E-state index contributed by atoms with van der Waals surface area (Å²) in [4.78, 5) is 24.5. The van der Waals surface area contributed by atoms with Gasteiger partial charge in [0.05, 0.1) is 18.3 Å². The van der Waals surface area contributed by atoms with E-state index in [1.807, 2.05) is 0 Å². The quantitative estimate of drug-likeness (QED) is 0.637. The number of pyridine rings is 1. The largest absolute Gasteiger partial charge is 0.431 e. The molecule has 0 amide bonds. The summed E-state index contributed by atoms with van der Waals surface area (Å²) in [5.74, 6) is 0.733. The molecular weight excluding hydrogens is 403 g/mol. The lowest BCUT2D eigenvalue weighted by Gasteiger charge is -2.36. The Morgan fingerprint density at radius 2 is 1.83 bits per heavy atom. The van der Waals surface area contributed by atoms with E-state index in [-0.39, 0.29) is 17.8 Å². The molecule has 0 spiro atoms. The number of hydrogen-bond donors (Lipinski definition) is 3. The maximum absolute atomic E-state index is 12.4. The first kappa shape index (κ1) is 22.7. The van der Waals surface area contributed by atoms with Crippen LogP contribution in [0.3, 0.4) is 0 Å². The second-order valence-corrected chi connectivity index (χ2v) is 8.09. The van der Waals surface area contributed by atoms with E-state index < -0.39 is 35.7 Å². The maximum Gasteiger partial charge on any atom is 0.431 e. The topological polar surface area (TPSA) is 99.6 Å². The highest BCUT2D eigenvalue weighted by Crippen LogP contribution is 2.41. The number of aliphatic hydroxyl groups is 2. The standard InChI is InChI=1S/C15H22O4.C6H4F3NO/c1-8-14(17)12(16)7-13(19-8)11-6-9-4-2-3-5-10(9)15(11)18;7-6(8,9)4-2-1-3-5(11)10-4/h6,8-10,12-14,16-17H,2-5,7H2,1H3;1-3H,(H,10,11). The van der Waals surface area contributed by atoms with Gasteiger partial charge >= 0.3 is 6.18 Å². The number of aromatic amines is 1. The van der Waals surface area contributed by atoms with E-state index in [2.05, 4.69) is 6.08 Å². The predicted octanol–water partition coefficient (Wildman–Crippen LogP) is 2.59. The van der Waals surface area contributed by atoms with Gasteiger partial charge in [-0.1, -0.05) is 25.0 Å². The molecular formula is C21H26F3NO5. The van der Waals surface area contributed by atoms with Crippen molar-refractivity contribution in [2.24, 2.45) is 11.8 Å². The van der Waals surface area contributed by atoms with Gasteiger partial charge in [0.2, 0.25) is 5.56 Å². The first-order valence-corrected chi connectivity index (χ1v) is 10.1. The Kier molecular flexibility index (Phi) is 6.84. The zero-order chi connectivity index (χ0) is 22.1.